The number of benzene rings is 1. The van der Waals surface area contributed by atoms with Gasteiger partial charge < -0.3 is 10.5 Å². The predicted molar refractivity (Wildman–Crippen MR) is 70.1 cm³/mol. The van der Waals surface area contributed by atoms with Crippen molar-refractivity contribution in [2.75, 3.05) is 23.8 Å². The molecule has 0 spiro atoms. The zero-order valence-corrected chi connectivity index (χ0v) is 11.1. The number of hydrogen-bond donors (Lipinski definition) is 1. The van der Waals surface area contributed by atoms with E-state index < -0.39 is 15.8 Å². The van der Waals surface area contributed by atoms with Crippen molar-refractivity contribution >= 4 is 21.5 Å². The fourth-order valence-corrected chi connectivity index (χ4v) is 2.18. The van der Waals surface area contributed by atoms with Crippen LogP contribution in [0, 0.1) is 0 Å². The molecule has 18 heavy (non-hydrogen) atoms. The maximum absolute atomic E-state index is 11.6. The van der Waals surface area contributed by atoms with Gasteiger partial charge in [0.25, 0.3) is 0 Å². The van der Waals surface area contributed by atoms with E-state index in [1.807, 2.05) is 0 Å². The van der Waals surface area contributed by atoms with Crippen LogP contribution in [0.4, 0.5) is 5.69 Å². The van der Waals surface area contributed by atoms with Gasteiger partial charge in [-0.2, -0.15) is 0 Å². The molecule has 0 radical (unpaired) electrons. The van der Waals surface area contributed by atoms with Crippen molar-refractivity contribution in [2.45, 2.75) is 13.3 Å². The zero-order chi connectivity index (χ0) is 13.6. The van der Waals surface area contributed by atoms with Gasteiger partial charge in [-0.1, -0.05) is 13.0 Å². The van der Waals surface area contributed by atoms with Crippen LogP contribution in [0.3, 0.4) is 0 Å². The number of nitrogens with two attached hydrogens (primary N) is 1. The van der Waals surface area contributed by atoms with Crippen LogP contribution in [0.15, 0.2) is 24.3 Å². The lowest BCUT2D eigenvalue weighted by Gasteiger charge is -2.05. The molecule has 0 aromatic heterocycles. The van der Waals surface area contributed by atoms with Gasteiger partial charge in [0, 0.05) is 11.4 Å². The normalized spacial score (nSPS) is 11.2. The Labute approximate surface area is 107 Å². The Bertz CT molecular complexity index is 511. The third kappa shape index (κ3) is 4.75. The molecular formula is C12H17NO4S. The van der Waals surface area contributed by atoms with Crippen LogP contribution in [0.2, 0.25) is 0 Å². The first-order valence-corrected chi connectivity index (χ1v) is 7.50. The zero-order valence-electron chi connectivity index (χ0n) is 10.3. The van der Waals surface area contributed by atoms with Crippen molar-refractivity contribution in [2.24, 2.45) is 0 Å². The van der Waals surface area contributed by atoms with Gasteiger partial charge in [0.15, 0.2) is 0 Å². The lowest BCUT2D eigenvalue weighted by Crippen LogP contribution is -2.13. The Morgan fingerprint density at radius 2 is 2.11 bits per heavy atom. The summed E-state index contributed by atoms with van der Waals surface area (Å²) in [5, 5.41) is 0. The first-order chi connectivity index (χ1) is 8.44. The second kappa shape index (κ2) is 6.39. The van der Waals surface area contributed by atoms with Crippen LogP contribution >= 0.6 is 0 Å². The summed E-state index contributed by atoms with van der Waals surface area (Å²) in [5.74, 6) is -0.347. The summed E-state index contributed by atoms with van der Waals surface area (Å²) in [7, 11) is -3.00. The highest BCUT2D eigenvalue weighted by Crippen LogP contribution is 2.08. The van der Waals surface area contributed by atoms with Crippen molar-refractivity contribution < 1.29 is 17.9 Å². The van der Waals surface area contributed by atoms with Gasteiger partial charge in [-0.25, -0.2) is 13.2 Å². The summed E-state index contributed by atoms with van der Waals surface area (Å²) in [6.45, 7) is 1.68. The van der Waals surface area contributed by atoms with Gasteiger partial charge in [-0.15, -0.1) is 0 Å². The van der Waals surface area contributed by atoms with Gasteiger partial charge in [0.2, 0.25) is 0 Å². The van der Waals surface area contributed by atoms with Gasteiger partial charge >= 0.3 is 5.97 Å². The molecule has 6 heteroatoms. The molecule has 1 aromatic carbocycles. The average Bonchev–Trinajstić information content (AvgIpc) is 2.34. The third-order valence-electron chi connectivity index (χ3n) is 2.39. The monoisotopic (exact) mass is 271 g/mol. The number of ether oxygens (including phenoxy) is 1. The van der Waals surface area contributed by atoms with E-state index in [-0.39, 0.29) is 18.1 Å². The van der Waals surface area contributed by atoms with E-state index in [4.69, 9.17) is 10.5 Å². The molecule has 0 atom stereocenters. The van der Waals surface area contributed by atoms with Crippen LogP contribution in [-0.2, 0) is 14.6 Å². The van der Waals surface area contributed by atoms with E-state index in [1.54, 1.807) is 25.1 Å². The molecule has 5 nitrogen and oxygen atoms in total. The summed E-state index contributed by atoms with van der Waals surface area (Å²) in [4.78, 5) is 11.6. The van der Waals surface area contributed by atoms with E-state index >= 15 is 0 Å². The molecule has 0 unspecified atom stereocenters. The number of anilines is 1. The van der Waals surface area contributed by atoms with Gasteiger partial charge in [0.05, 0.1) is 17.9 Å². The molecule has 1 aromatic rings. The minimum absolute atomic E-state index is 0.0354. The molecule has 100 valence electrons. The molecule has 2 N–H and O–H groups in total. The topological polar surface area (TPSA) is 86.5 Å². The number of sulfone groups is 1. The fourth-order valence-electron chi connectivity index (χ4n) is 1.34. The predicted octanol–water partition coefficient (Wildman–Crippen LogP) is 1.25. The molecule has 0 fully saturated rings. The van der Waals surface area contributed by atoms with Gasteiger partial charge in [-0.05, 0) is 24.6 Å². The molecule has 0 aliphatic heterocycles. The van der Waals surface area contributed by atoms with Crippen LogP contribution in [0.5, 0.6) is 0 Å². The number of carbonyl (C=O) groups excluding carboxylic acids is 1. The smallest absolute Gasteiger partial charge is 0.338 e. The highest BCUT2D eigenvalue weighted by Gasteiger charge is 2.09. The maximum atomic E-state index is 11.6. The highest BCUT2D eigenvalue weighted by atomic mass is 32.2. The second-order valence-corrected chi connectivity index (χ2v) is 6.32. The SMILES string of the molecule is CCS(=O)(=O)CCCOC(=O)c1cccc(N)c1. The average molecular weight is 271 g/mol. The Morgan fingerprint density at radius 3 is 2.72 bits per heavy atom. The largest absolute Gasteiger partial charge is 0.462 e. The van der Waals surface area contributed by atoms with Crippen molar-refractivity contribution in [3.8, 4) is 0 Å². The summed E-state index contributed by atoms with van der Waals surface area (Å²) in [6.07, 6.45) is 0.310. The van der Waals surface area contributed by atoms with E-state index in [9.17, 15) is 13.2 Å². The summed E-state index contributed by atoms with van der Waals surface area (Å²) < 4.78 is 27.4. The first-order valence-electron chi connectivity index (χ1n) is 5.67. The van der Waals surface area contributed by atoms with Crippen LogP contribution in [-0.4, -0.2) is 32.5 Å². The molecule has 0 aliphatic carbocycles. The molecule has 0 saturated carbocycles. The van der Waals surface area contributed by atoms with Gasteiger partial charge in [-0.3, -0.25) is 0 Å². The van der Waals surface area contributed by atoms with E-state index in [0.29, 0.717) is 17.7 Å². The Hall–Kier alpha value is -1.56. The summed E-state index contributed by atoms with van der Waals surface area (Å²) >= 11 is 0. The molecule has 1 rings (SSSR count). The van der Waals surface area contributed by atoms with Gasteiger partial charge in [0.1, 0.15) is 9.84 Å². The lowest BCUT2D eigenvalue weighted by atomic mass is 10.2. The van der Waals surface area contributed by atoms with Crippen molar-refractivity contribution in [3.63, 3.8) is 0 Å². The number of esters is 1. The quantitative estimate of drug-likeness (QED) is 0.478. The Balaban J connectivity index is 2.39. The minimum atomic E-state index is -3.00. The van der Waals surface area contributed by atoms with Crippen LogP contribution in [0.25, 0.3) is 0 Å². The molecular weight excluding hydrogens is 254 g/mol. The van der Waals surface area contributed by atoms with E-state index in [0.717, 1.165) is 0 Å². The third-order valence-corrected chi connectivity index (χ3v) is 4.19. The van der Waals surface area contributed by atoms with E-state index in [1.165, 1.54) is 6.07 Å². The maximum Gasteiger partial charge on any atom is 0.338 e. The lowest BCUT2D eigenvalue weighted by molar-refractivity contribution is 0.0506. The molecule has 0 heterocycles. The van der Waals surface area contributed by atoms with Crippen molar-refractivity contribution in [3.05, 3.63) is 29.8 Å². The second-order valence-electron chi connectivity index (χ2n) is 3.85. The molecule has 0 amide bonds. The van der Waals surface area contributed by atoms with Crippen molar-refractivity contribution in [1.82, 2.24) is 0 Å². The Morgan fingerprint density at radius 1 is 1.39 bits per heavy atom. The van der Waals surface area contributed by atoms with Crippen LogP contribution in [0.1, 0.15) is 23.7 Å². The highest BCUT2D eigenvalue weighted by molar-refractivity contribution is 7.91. The minimum Gasteiger partial charge on any atom is -0.462 e. The number of carbonyl (C=O) groups is 1. The summed E-state index contributed by atoms with van der Waals surface area (Å²) in [6, 6.07) is 6.45. The fraction of sp³-hybridized carbons (Fsp3) is 0.417. The molecule has 0 bridgehead atoms. The number of nitrogen functional groups attached to an aromatic ring is 1. The van der Waals surface area contributed by atoms with E-state index in [2.05, 4.69) is 0 Å². The van der Waals surface area contributed by atoms with Crippen molar-refractivity contribution in [1.29, 1.82) is 0 Å². The number of hydrogen-bond acceptors (Lipinski definition) is 5. The number of rotatable bonds is 6. The molecule has 0 aliphatic rings. The van der Waals surface area contributed by atoms with Crippen LogP contribution < -0.4 is 5.73 Å². The molecule has 0 saturated heterocycles. The summed E-state index contributed by atoms with van der Waals surface area (Å²) in [5.41, 5.74) is 6.39. The Kier molecular flexibility index (Phi) is 5.15. The standard InChI is InChI=1S/C12H17NO4S/c1-2-18(15,16)8-4-7-17-12(14)10-5-3-6-11(13)9-10/h3,5-6,9H,2,4,7-8,13H2,1H3. The first kappa shape index (κ1) is 14.5.